The highest BCUT2D eigenvalue weighted by atomic mass is 35.5. The molecule has 27 heavy (non-hydrogen) atoms. The fourth-order valence-corrected chi connectivity index (χ4v) is 3.44. The molecule has 1 amide bonds. The first-order valence-corrected chi connectivity index (χ1v) is 9.65. The van der Waals surface area contributed by atoms with Crippen molar-refractivity contribution in [2.75, 3.05) is 17.8 Å². The molecule has 1 heterocycles. The number of amidine groups is 1. The summed E-state index contributed by atoms with van der Waals surface area (Å²) >= 11 is 13.4. The van der Waals surface area contributed by atoms with E-state index in [0.29, 0.717) is 21.0 Å². The lowest BCUT2D eigenvalue weighted by Gasteiger charge is -2.15. The molecule has 3 rings (SSSR count). The summed E-state index contributed by atoms with van der Waals surface area (Å²) in [5, 5.41) is 9.84. The number of carbonyl (C=O) groups excluding carboxylic acids is 1. The summed E-state index contributed by atoms with van der Waals surface area (Å²) in [7, 11) is 1.59. The third kappa shape index (κ3) is 4.91. The van der Waals surface area contributed by atoms with E-state index >= 15 is 0 Å². The van der Waals surface area contributed by atoms with Gasteiger partial charge in [-0.15, -0.1) is 5.10 Å². The predicted molar refractivity (Wildman–Crippen MR) is 114 cm³/mol. The van der Waals surface area contributed by atoms with E-state index in [1.807, 2.05) is 12.1 Å². The minimum absolute atomic E-state index is 0.0474. The van der Waals surface area contributed by atoms with Crippen LogP contribution < -0.4 is 9.64 Å². The van der Waals surface area contributed by atoms with E-state index in [1.54, 1.807) is 49.6 Å². The summed E-state index contributed by atoms with van der Waals surface area (Å²) in [6, 6.07) is 14.4. The van der Waals surface area contributed by atoms with Crippen LogP contribution in [-0.4, -0.2) is 30.2 Å². The van der Waals surface area contributed by atoms with Gasteiger partial charge in [-0.3, -0.25) is 9.69 Å². The zero-order chi connectivity index (χ0) is 19.2. The average molecular weight is 420 g/mol. The van der Waals surface area contributed by atoms with Crippen molar-refractivity contribution < 1.29 is 9.53 Å². The van der Waals surface area contributed by atoms with E-state index in [-0.39, 0.29) is 5.91 Å². The lowest BCUT2D eigenvalue weighted by atomic mass is 10.2. The number of carbonyl (C=O) groups is 1. The Hall–Kier alpha value is -2.28. The maximum Gasteiger partial charge on any atom is 0.243 e. The molecule has 1 saturated heterocycles. The molecule has 0 atom stereocenters. The third-order valence-corrected chi connectivity index (χ3v) is 5.16. The summed E-state index contributed by atoms with van der Waals surface area (Å²) in [4.78, 5) is 13.7. The van der Waals surface area contributed by atoms with E-state index < -0.39 is 0 Å². The van der Waals surface area contributed by atoms with Gasteiger partial charge in [-0.2, -0.15) is 5.10 Å². The fraction of sp³-hybridized carbons (Fsp3) is 0.105. The summed E-state index contributed by atoms with van der Waals surface area (Å²) in [5.74, 6) is 0.993. The Morgan fingerprint density at radius 3 is 2.56 bits per heavy atom. The Bertz CT molecular complexity index is 910. The molecule has 0 radical (unpaired) electrons. The summed E-state index contributed by atoms with van der Waals surface area (Å²) in [6.45, 7) is 0. The van der Waals surface area contributed by atoms with Crippen LogP contribution in [0.1, 0.15) is 5.56 Å². The lowest BCUT2D eigenvalue weighted by molar-refractivity contribution is -0.115. The first-order chi connectivity index (χ1) is 13.1. The quantitative estimate of drug-likeness (QED) is 0.503. The van der Waals surface area contributed by atoms with Crippen molar-refractivity contribution in [3.05, 3.63) is 65.2 Å². The second kappa shape index (κ2) is 9.08. The number of nitrogens with zero attached hydrogens (tertiary/aromatic N) is 3. The second-order valence-corrected chi connectivity index (χ2v) is 7.17. The van der Waals surface area contributed by atoms with Crippen molar-refractivity contribution in [3.63, 3.8) is 0 Å². The van der Waals surface area contributed by atoms with Gasteiger partial charge in [-0.05, 0) is 48.0 Å². The molecule has 2 aromatic carbocycles. The van der Waals surface area contributed by atoms with E-state index in [1.165, 1.54) is 22.9 Å². The van der Waals surface area contributed by atoms with Crippen molar-refractivity contribution in [2.24, 2.45) is 10.2 Å². The van der Waals surface area contributed by atoms with Gasteiger partial charge < -0.3 is 4.74 Å². The molecule has 0 aromatic heterocycles. The van der Waals surface area contributed by atoms with Crippen molar-refractivity contribution in [1.29, 1.82) is 0 Å². The molecule has 138 valence electrons. The number of anilines is 1. The Morgan fingerprint density at radius 1 is 1.19 bits per heavy atom. The number of methoxy groups -OCH3 is 1. The molecule has 8 heteroatoms. The average Bonchev–Trinajstić information content (AvgIpc) is 3.06. The van der Waals surface area contributed by atoms with Gasteiger partial charge in [0.1, 0.15) is 5.75 Å². The minimum atomic E-state index is -0.0474. The van der Waals surface area contributed by atoms with Crippen LogP contribution >= 0.6 is 35.0 Å². The Labute approximate surface area is 171 Å². The largest absolute Gasteiger partial charge is 0.497 e. The van der Waals surface area contributed by atoms with Gasteiger partial charge in [0.2, 0.25) is 5.91 Å². The van der Waals surface area contributed by atoms with Crippen LogP contribution in [0.2, 0.25) is 5.02 Å². The summed E-state index contributed by atoms with van der Waals surface area (Å²) in [6.07, 6.45) is 3.12. The van der Waals surface area contributed by atoms with Gasteiger partial charge in [0.05, 0.1) is 24.8 Å². The van der Waals surface area contributed by atoms with Crippen LogP contribution in [0.15, 0.2) is 64.8 Å². The number of hydrogen-bond acceptors (Lipinski definition) is 5. The third-order valence-electron chi connectivity index (χ3n) is 3.65. The van der Waals surface area contributed by atoms with Crippen molar-refractivity contribution in [3.8, 4) is 5.75 Å². The normalized spacial score (nSPS) is 16.6. The standard InChI is InChI=1S/C19H15Cl2N3O2S/c1-26-16-8-6-15(7-9-16)24-18(25)12-27-19(24)23-22-11-10-17(21)13-2-4-14(20)5-3-13/h2-11H,12H2,1H3/b17-10+,22-11-,23-19-. The molecule has 5 nitrogen and oxygen atoms in total. The van der Waals surface area contributed by atoms with Crippen LogP contribution in [0.5, 0.6) is 5.75 Å². The molecule has 0 aliphatic carbocycles. The lowest BCUT2D eigenvalue weighted by Crippen LogP contribution is -2.28. The van der Waals surface area contributed by atoms with Gasteiger partial charge in [0, 0.05) is 10.1 Å². The molecule has 0 spiro atoms. The van der Waals surface area contributed by atoms with E-state index in [4.69, 9.17) is 27.9 Å². The smallest absolute Gasteiger partial charge is 0.243 e. The number of halogens is 2. The van der Waals surface area contributed by atoms with Crippen molar-refractivity contribution >= 4 is 63.0 Å². The molecule has 2 aromatic rings. The van der Waals surface area contributed by atoms with E-state index in [2.05, 4.69) is 10.2 Å². The summed E-state index contributed by atoms with van der Waals surface area (Å²) in [5.41, 5.74) is 1.54. The molecule has 0 saturated carbocycles. The molecule has 0 N–H and O–H groups in total. The topological polar surface area (TPSA) is 54.3 Å². The Balaban J connectivity index is 1.74. The summed E-state index contributed by atoms with van der Waals surface area (Å²) < 4.78 is 5.14. The Morgan fingerprint density at radius 2 is 1.89 bits per heavy atom. The fourth-order valence-electron chi connectivity index (χ4n) is 2.31. The first kappa shape index (κ1) is 19.5. The van der Waals surface area contributed by atoms with Crippen molar-refractivity contribution in [1.82, 2.24) is 0 Å². The molecule has 1 aliphatic rings. The molecule has 0 unspecified atom stereocenters. The van der Waals surface area contributed by atoms with Crippen LogP contribution in [0.25, 0.3) is 5.03 Å². The molecule has 1 aliphatic heterocycles. The second-order valence-electron chi connectivity index (χ2n) is 5.38. The van der Waals surface area contributed by atoms with Gasteiger partial charge in [-0.25, -0.2) is 0 Å². The predicted octanol–water partition coefficient (Wildman–Crippen LogP) is 5.05. The van der Waals surface area contributed by atoms with Gasteiger partial charge in [0.25, 0.3) is 0 Å². The molecule has 1 fully saturated rings. The number of amides is 1. The number of hydrogen-bond donors (Lipinski definition) is 0. The number of thioether (sulfide) groups is 1. The zero-order valence-electron chi connectivity index (χ0n) is 14.3. The first-order valence-electron chi connectivity index (χ1n) is 7.91. The van der Waals surface area contributed by atoms with Gasteiger partial charge >= 0.3 is 0 Å². The van der Waals surface area contributed by atoms with Crippen LogP contribution in [0, 0.1) is 0 Å². The minimum Gasteiger partial charge on any atom is -0.497 e. The number of rotatable bonds is 5. The maximum atomic E-state index is 12.2. The maximum absolute atomic E-state index is 12.2. The highest BCUT2D eigenvalue weighted by molar-refractivity contribution is 8.15. The monoisotopic (exact) mass is 419 g/mol. The molecule has 0 bridgehead atoms. The number of benzene rings is 2. The van der Waals surface area contributed by atoms with Crippen molar-refractivity contribution in [2.45, 2.75) is 0 Å². The van der Waals surface area contributed by atoms with E-state index in [9.17, 15) is 4.79 Å². The SMILES string of the molecule is COc1ccc(N2C(=O)CS\C2=N/N=C\C=C(\Cl)c2ccc(Cl)cc2)cc1. The molecular formula is C19H15Cl2N3O2S. The molecular weight excluding hydrogens is 405 g/mol. The van der Waals surface area contributed by atoms with Gasteiger partial charge in [0.15, 0.2) is 5.17 Å². The van der Waals surface area contributed by atoms with Crippen LogP contribution in [0.3, 0.4) is 0 Å². The highest BCUT2D eigenvalue weighted by Crippen LogP contribution is 2.28. The number of ether oxygens (including phenoxy) is 1. The van der Waals surface area contributed by atoms with E-state index in [0.717, 1.165) is 17.0 Å². The van der Waals surface area contributed by atoms with Gasteiger partial charge in [-0.1, -0.05) is 47.1 Å². The van der Waals surface area contributed by atoms with Crippen LogP contribution in [0.4, 0.5) is 5.69 Å². The Kier molecular flexibility index (Phi) is 6.55. The van der Waals surface area contributed by atoms with Crippen LogP contribution in [-0.2, 0) is 4.79 Å². The number of allylic oxidation sites excluding steroid dienone is 1. The highest BCUT2D eigenvalue weighted by Gasteiger charge is 2.29. The zero-order valence-corrected chi connectivity index (χ0v) is 16.6.